The van der Waals surface area contributed by atoms with Crippen molar-refractivity contribution in [3.63, 3.8) is 0 Å². The highest BCUT2D eigenvalue weighted by Gasteiger charge is 2.32. The van der Waals surface area contributed by atoms with E-state index in [0.717, 1.165) is 22.4 Å². The first-order valence-electron chi connectivity index (χ1n) is 9.83. The average molecular weight is 400 g/mol. The van der Waals surface area contributed by atoms with Crippen LogP contribution in [0.15, 0.2) is 73.3 Å². The predicted octanol–water partition coefficient (Wildman–Crippen LogP) is 4.94. The number of carbonyl (C=O) groups is 1. The van der Waals surface area contributed by atoms with Crippen LogP contribution in [0.25, 0.3) is 5.70 Å². The van der Waals surface area contributed by atoms with Gasteiger partial charge in [0, 0.05) is 30.3 Å². The number of nitrogens with two attached hydrogens (primary N) is 1. The molecule has 1 amide bonds. The van der Waals surface area contributed by atoms with Gasteiger partial charge in [-0.05, 0) is 54.4 Å². The van der Waals surface area contributed by atoms with Crippen molar-refractivity contribution >= 4 is 17.3 Å². The number of benzene rings is 3. The van der Waals surface area contributed by atoms with E-state index in [1.807, 2.05) is 61.5 Å². The number of aryl methyl sites for hydroxylation is 1. The molecule has 0 saturated carbocycles. The molecule has 1 atom stereocenters. The highest BCUT2D eigenvalue weighted by Crippen LogP contribution is 2.37. The fourth-order valence-corrected chi connectivity index (χ4v) is 3.66. The van der Waals surface area contributed by atoms with Gasteiger partial charge in [0.05, 0.1) is 0 Å². The number of phenols is 1. The van der Waals surface area contributed by atoms with E-state index in [-0.39, 0.29) is 17.6 Å². The molecule has 3 N–H and O–H groups in total. The van der Waals surface area contributed by atoms with Crippen LogP contribution < -0.4 is 15.4 Å². The summed E-state index contributed by atoms with van der Waals surface area (Å²) in [7, 11) is 0. The Morgan fingerprint density at radius 2 is 1.90 bits per heavy atom. The number of carbonyl (C=O) groups excluding carboxylic acids is 1. The third-order valence-corrected chi connectivity index (χ3v) is 5.36. The zero-order valence-corrected chi connectivity index (χ0v) is 16.8. The molecule has 152 valence electrons. The molecule has 1 aliphatic heterocycles. The summed E-state index contributed by atoms with van der Waals surface area (Å²) in [6.45, 7) is 6.30. The van der Waals surface area contributed by atoms with E-state index in [0.29, 0.717) is 30.2 Å². The molecule has 0 unspecified atom stereocenters. The summed E-state index contributed by atoms with van der Waals surface area (Å²) in [6.07, 6.45) is 0.380. The van der Waals surface area contributed by atoms with Crippen molar-refractivity contribution in [2.75, 3.05) is 11.4 Å². The summed E-state index contributed by atoms with van der Waals surface area (Å²) in [5.41, 5.74) is 9.90. The van der Waals surface area contributed by atoms with E-state index >= 15 is 0 Å². The Bertz CT molecular complexity index is 1110. The molecule has 3 aromatic carbocycles. The maximum Gasteiger partial charge on any atom is 0.227 e. The second-order valence-corrected chi connectivity index (χ2v) is 7.62. The first-order valence-corrected chi connectivity index (χ1v) is 9.83. The SMILES string of the molecule is C=C(N)c1cccc(N2C[C@@H](c3ccc(Oc4ccc(C)cc4)c(O)c3)CC2=O)c1. The Kier molecular flexibility index (Phi) is 5.19. The molecule has 1 heterocycles. The maximum absolute atomic E-state index is 12.6. The van der Waals surface area contributed by atoms with E-state index in [1.165, 1.54) is 0 Å². The van der Waals surface area contributed by atoms with Crippen molar-refractivity contribution in [2.45, 2.75) is 19.3 Å². The quantitative estimate of drug-likeness (QED) is 0.636. The smallest absolute Gasteiger partial charge is 0.227 e. The minimum Gasteiger partial charge on any atom is -0.504 e. The second kappa shape index (κ2) is 7.95. The lowest BCUT2D eigenvalue weighted by atomic mass is 9.98. The van der Waals surface area contributed by atoms with Crippen molar-refractivity contribution in [1.29, 1.82) is 0 Å². The summed E-state index contributed by atoms with van der Waals surface area (Å²) in [4.78, 5) is 14.4. The van der Waals surface area contributed by atoms with E-state index in [2.05, 4.69) is 6.58 Å². The van der Waals surface area contributed by atoms with Gasteiger partial charge in [-0.2, -0.15) is 0 Å². The van der Waals surface area contributed by atoms with Gasteiger partial charge in [0.25, 0.3) is 0 Å². The lowest BCUT2D eigenvalue weighted by Gasteiger charge is -2.18. The lowest BCUT2D eigenvalue weighted by Crippen LogP contribution is -2.24. The maximum atomic E-state index is 12.6. The van der Waals surface area contributed by atoms with Gasteiger partial charge in [-0.3, -0.25) is 4.79 Å². The Labute approximate surface area is 176 Å². The number of ether oxygens (including phenoxy) is 1. The number of anilines is 1. The Morgan fingerprint density at radius 3 is 2.60 bits per heavy atom. The summed E-state index contributed by atoms with van der Waals surface area (Å²) < 4.78 is 5.78. The summed E-state index contributed by atoms with van der Waals surface area (Å²) >= 11 is 0. The number of hydrogen-bond donors (Lipinski definition) is 2. The van der Waals surface area contributed by atoms with E-state index in [1.54, 1.807) is 17.0 Å². The highest BCUT2D eigenvalue weighted by molar-refractivity contribution is 5.96. The zero-order chi connectivity index (χ0) is 21.3. The normalized spacial score (nSPS) is 16.0. The van der Waals surface area contributed by atoms with Gasteiger partial charge in [0.1, 0.15) is 5.75 Å². The standard InChI is InChI=1S/C25H24N2O3/c1-16-6-9-22(10-7-16)30-24-11-8-19(13-23(24)28)20-14-25(29)27(15-20)21-5-3-4-18(12-21)17(2)26/h3-13,20,28H,2,14-15,26H2,1H3/t20-/m0/s1. The molecule has 1 fully saturated rings. The van der Waals surface area contributed by atoms with Gasteiger partial charge in [0.15, 0.2) is 11.5 Å². The molecule has 0 aromatic heterocycles. The van der Waals surface area contributed by atoms with Gasteiger partial charge >= 0.3 is 0 Å². The van der Waals surface area contributed by atoms with Crippen LogP contribution in [0.3, 0.4) is 0 Å². The van der Waals surface area contributed by atoms with Crippen LogP contribution in [0.1, 0.15) is 29.0 Å². The molecular formula is C25H24N2O3. The van der Waals surface area contributed by atoms with Gasteiger partial charge in [0.2, 0.25) is 5.91 Å². The van der Waals surface area contributed by atoms with Crippen molar-refractivity contribution in [3.8, 4) is 17.2 Å². The van der Waals surface area contributed by atoms with Gasteiger partial charge in [-0.1, -0.05) is 42.5 Å². The topological polar surface area (TPSA) is 75.8 Å². The summed E-state index contributed by atoms with van der Waals surface area (Å²) in [5.74, 6) is 1.13. The molecule has 0 spiro atoms. The van der Waals surface area contributed by atoms with Crippen LogP contribution in [0, 0.1) is 6.92 Å². The van der Waals surface area contributed by atoms with Crippen molar-refractivity contribution in [2.24, 2.45) is 5.73 Å². The predicted molar refractivity (Wildman–Crippen MR) is 119 cm³/mol. The number of amides is 1. The highest BCUT2D eigenvalue weighted by atomic mass is 16.5. The summed E-state index contributed by atoms with van der Waals surface area (Å²) in [6, 6.07) is 20.5. The monoisotopic (exact) mass is 400 g/mol. The molecule has 1 saturated heterocycles. The first kappa shape index (κ1) is 19.6. The molecular weight excluding hydrogens is 376 g/mol. The fourth-order valence-electron chi connectivity index (χ4n) is 3.66. The van der Waals surface area contributed by atoms with Crippen LogP contribution >= 0.6 is 0 Å². The Hall–Kier alpha value is -3.73. The third kappa shape index (κ3) is 4.01. The zero-order valence-electron chi connectivity index (χ0n) is 16.8. The molecule has 30 heavy (non-hydrogen) atoms. The summed E-state index contributed by atoms with van der Waals surface area (Å²) in [5, 5.41) is 10.5. The number of hydrogen-bond acceptors (Lipinski definition) is 4. The second-order valence-electron chi connectivity index (χ2n) is 7.62. The van der Waals surface area contributed by atoms with E-state index in [9.17, 15) is 9.90 Å². The number of aromatic hydroxyl groups is 1. The molecule has 4 rings (SSSR count). The van der Waals surface area contributed by atoms with Gasteiger partial charge in [-0.15, -0.1) is 0 Å². The van der Waals surface area contributed by atoms with Crippen LogP contribution in [0.5, 0.6) is 17.2 Å². The fraction of sp³-hybridized carbons (Fsp3) is 0.160. The molecule has 1 aliphatic rings. The van der Waals surface area contributed by atoms with Crippen LogP contribution in [-0.2, 0) is 4.79 Å². The average Bonchev–Trinajstić information content (AvgIpc) is 3.13. The van der Waals surface area contributed by atoms with Gasteiger partial charge in [-0.25, -0.2) is 0 Å². The third-order valence-electron chi connectivity index (χ3n) is 5.36. The van der Waals surface area contributed by atoms with E-state index < -0.39 is 0 Å². The molecule has 3 aromatic rings. The van der Waals surface area contributed by atoms with Crippen LogP contribution in [0.2, 0.25) is 0 Å². The molecule has 5 heteroatoms. The number of nitrogens with zero attached hydrogens (tertiary/aromatic N) is 1. The molecule has 0 bridgehead atoms. The Balaban J connectivity index is 1.51. The Morgan fingerprint density at radius 1 is 1.13 bits per heavy atom. The lowest BCUT2D eigenvalue weighted by molar-refractivity contribution is -0.117. The van der Waals surface area contributed by atoms with Crippen molar-refractivity contribution < 1.29 is 14.6 Å². The molecule has 0 aliphatic carbocycles. The number of rotatable bonds is 5. The minimum atomic E-state index is -0.0124. The minimum absolute atomic E-state index is 0.0124. The van der Waals surface area contributed by atoms with Gasteiger partial charge < -0.3 is 20.5 Å². The largest absolute Gasteiger partial charge is 0.504 e. The van der Waals surface area contributed by atoms with Crippen LogP contribution in [-0.4, -0.2) is 17.6 Å². The van der Waals surface area contributed by atoms with E-state index in [4.69, 9.17) is 10.5 Å². The van der Waals surface area contributed by atoms with Crippen LogP contribution in [0.4, 0.5) is 5.69 Å². The van der Waals surface area contributed by atoms with Crippen molar-refractivity contribution in [1.82, 2.24) is 0 Å². The number of phenolic OH excluding ortho intramolecular Hbond substituents is 1. The first-order chi connectivity index (χ1) is 14.4. The van der Waals surface area contributed by atoms with Crippen molar-refractivity contribution in [3.05, 3.63) is 90.0 Å². The molecule has 5 nitrogen and oxygen atoms in total. The molecule has 0 radical (unpaired) electrons.